The normalized spacial score (nSPS) is 16.8. The van der Waals surface area contributed by atoms with E-state index in [0.717, 1.165) is 40.7 Å². The Morgan fingerprint density at radius 2 is 1.96 bits per heavy atom. The van der Waals surface area contributed by atoms with Gasteiger partial charge < -0.3 is 9.64 Å². The summed E-state index contributed by atoms with van der Waals surface area (Å²) in [5, 5.41) is 1.14. The molecule has 4 rings (SSSR count). The summed E-state index contributed by atoms with van der Waals surface area (Å²) in [7, 11) is 0. The third-order valence-electron chi connectivity index (χ3n) is 4.88. The molecule has 3 aromatic rings. The second-order valence-corrected chi connectivity index (χ2v) is 6.66. The lowest BCUT2D eigenvalue weighted by Crippen LogP contribution is -2.30. The van der Waals surface area contributed by atoms with Crippen LogP contribution >= 0.6 is 0 Å². The first-order valence-electron chi connectivity index (χ1n) is 9.12. The Hall–Kier alpha value is -2.88. The van der Waals surface area contributed by atoms with Gasteiger partial charge in [-0.25, -0.2) is 0 Å². The van der Waals surface area contributed by atoms with Gasteiger partial charge in [-0.05, 0) is 29.8 Å². The highest BCUT2D eigenvalue weighted by Crippen LogP contribution is 2.26. The largest absolute Gasteiger partial charge is 0.489 e. The van der Waals surface area contributed by atoms with Crippen LogP contribution in [0.15, 0.2) is 60.8 Å². The molecule has 1 aromatic heterocycles. The molecule has 1 amide bonds. The van der Waals surface area contributed by atoms with E-state index in [0.29, 0.717) is 13.0 Å². The number of hydrogen-bond acceptors (Lipinski definition) is 3. The Labute approximate surface area is 153 Å². The van der Waals surface area contributed by atoms with Gasteiger partial charge in [0.1, 0.15) is 11.9 Å². The van der Waals surface area contributed by atoms with Crippen molar-refractivity contribution in [2.24, 2.45) is 0 Å². The average molecular weight is 346 g/mol. The summed E-state index contributed by atoms with van der Waals surface area (Å²) in [4.78, 5) is 18.2. The molecule has 2 heterocycles. The summed E-state index contributed by atoms with van der Waals surface area (Å²) < 4.78 is 6.05. The van der Waals surface area contributed by atoms with Crippen molar-refractivity contribution in [1.29, 1.82) is 0 Å². The van der Waals surface area contributed by atoms with E-state index in [2.05, 4.69) is 29.2 Å². The Kier molecular flexibility index (Phi) is 4.57. The number of fused-ring (bicyclic) bond motifs is 1. The lowest BCUT2D eigenvalue weighted by Gasteiger charge is -2.16. The van der Waals surface area contributed by atoms with Crippen LogP contribution < -0.4 is 4.74 Å². The number of pyridine rings is 1. The van der Waals surface area contributed by atoms with Crippen LogP contribution in [0.2, 0.25) is 0 Å². The zero-order valence-electron chi connectivity index (χ0n) is 14.9. The van der Waals surface area contributed by atoms with E-state index in [1.807, 2.05) is 48.4 Å². The number of rotatable bonds is 4. The molecular weight excluding hydrogens is 324 g/mol. The van der Waals surface area contributed by atoms with E-state index < -0.39 is 0 Å². The minimum atomic E-state index is 0.0821. The van der Waals surface area contributed by atoms with E-state index in [1.54, 1.807) is 0 Å². The zero-order chi connectivity index (χ0) is 17.9. The third kappa shape index (κ3) is 3.40. The van der Waals surface area contributed by atoms with Crippen LogP contribution in [0.3, 0.4) is 0 Å². The molecule has 1 atom stereocenters. The number of likely N-dealkylation sites (tertiary alicyclic amines) is 1. The molecule has 1 unspecified atom stereocenters. The molecule has 0 N–H and O–H groups in total. The van der Waals surface area contributed by atoms with Crippen LogP contribution in [0.25, 0.3) is 22.0 Å². The number of amides is 1. The van der Waals surface area contributed by atoms with Crippen LogP contribution in [0.5, 0.6) is 5.75 Å². The maximum absolute atomic E-state index is 11.8. The van der Waals surface area contributed by atoms with Crippen LogP contribution in [-0.2, 0) is 4.79 Å². The average Bonchev–Trinajstić information content (AvgIpc) is 3.16. The molecule has 1 fully saturated rings. The predicted octanol–water partition coefficient (Wildman–Crippen LogP) is 4.29. The van der Waals surface area contributed by atoms with Crippen molar-refractivity contribution in [2.75, 3.05) is 13.1 Å². The Bertz CT molecular complexity index is 921. The molecule has 0 spiro atoms. The number of carbonyl (C=O) groups is 1. The first-order valence-corrected chi connectivity index (χ1v) is 9.12. The molecule has 1 saturated heterocycles. The standard InChI is InChI=1S/C22H22N2O2/c1-2-22(25)24-12-11-20(15-24)26-19-9-7-16(8-10-19)18-13-17-5-3-4-6-21(17)23-14-18/h3-10,13-14,20H,2,11-12,15H2,1H3. The Morgan fingerprint density at radius 1 is 1.15 bits per heavy atom. The summed E-state index contributed by atoms with van der Waals surface area (Å²) in [5.74, 6) is 1.05. The summed E-state index contributed by atoms with van der Waals surface area (Å²) >= 11 is 0. The molecule has 0 radical (unpaired) electrons. The summed E-state index contributed by atoms with van der Waals surface area (Å²) in [5.41, 5.74) is 3.21. The fourth-order valence-electron chi connectivity index (χ4n) is 3.42. The zero-order valence-corrected chi connectivity index (χ0v) is 14.9. The number of para-hydroxylation sites is 1. The SMILES string of the molecule is CCC(=O)N1CCC(Oc2ccc(-c3cnc4ccccc4c3)cc2)C1. The molecule has 26 heavy (non-hydrogen) atoms. The lowest BCUT2D eigenvalue weighted by molar-refractivity contribution is -0.130. The monoisotopic (exact) mass is 346 g/mol. The van der Waals surface area contributed by atoms with E-state index in [9.17, 15) is 4.79 Å². The fourth-order valence-corrected chi connectivity index (χ4v) is 3.42. The van der Waals surface area contributed by atoms with Gasteiger partial charge in [-0.1, -0.05) is 37.3 Å². The molecule has 4 nitrogen and oxygen atoms in total. The highest BCUT2D eigenvalue weighted by Gasteiger charge is 2.26. The van der Waals surface area contributed by atoms with Crippen molar-refractivity contribution >= 4 is 16.8 Å². The maximum Gasteiger partial charge on any atom is 0.222 e. The number of benzene rings is 2. The van der Waals surface area contributed by atoms with Crippen molar-refractivity contribution in [2.45, 2.75) is 25.9 Å². The van der Waals surface area contributed by atoms with Gasteiger partial charge in [0, 0.05) is 36.5 Å². The van der Waals surface area contributed by atoms with Gasteiger partial charge in [-0.2, -0.15) is 0 Å². The first-order chi connectivity index (χ1) is 12.7. The second-order valence-electron chi connectivity index (χ2n) is 6.66. The molecule has 1 aliphatic heterocycles. The maximum atomic E-state index is 11.8. The summed E-state index contributed by atoms with van der Waals surface area (Å²) in [6.07, 6.45) is 3.44. The van der Waals surface area contributed by atoms with Gasteiger partial charge in [0.05, 0.1) is 12.1 Å². The Balaban J connectivity index is 1.45. The van der Waals surface area contributed by atoms with Crippen molar-refractivity contribution in [3.8, 4) is 16.9 Å². The van der Waals surface area contributed by atoms with Crippen molar-refractivity contribution < 1.29 is 9.53 Å². The van der Waals surface area contributed by atoms with Crippen LogP contribution in [-0.4, -0.2) is 35.0 Å². The number of nitrogens with zero attached hydrogens (tertiary/aromatic N) is 2. The minimum Gasteiger partial charge on any atom is -0.489 e. The van der Waals surface area contributed by atoms with Crippen molar-refractivity contribution in [1.82, 2.24) is 9.88 Å². The number of carbonyl (C=O) groups excluding carboxylic acids is 1. The number of aromatic nitrogens is 1. The molecule has 1 aliphatic rings. The topological polar surface area (TPSA) is 42.4 Å². The van der Waals surface area contributed by atoms with Gasteiger partial charge >= 0.3 is 0 Å². The van der Waals surface area contributed by atoms with Gasteiger partial charge in [0.2, 0.25) is 5.91 Å². The summed E-state index contributed by atoms with van der Waals surface area (Å²) in [6, 6.07) is 18.4. The van der Waals surface area contributed by atoms with Crippen LogP contribution in [0.1, 0.15) is 19.8 Å². The van der Waals surface area contributed by atoms with Gasteiger partial charge in [0.25, 0.3) is 0 Å². The van der Waals surface area contributed by atoms with E-state index in [4.69, 9.17) is 4.74 Å². The molecule has 0 aliphatic carbocycles. The van der Waals surface area contributed by atoms with Gasteiger partial charge in [-0.15, -0.1) is 0 Å². The molecule has 0 saturated carbocycles. The van der Waals surface area contributed by atoms with E-state index in [-0.39, 0.29) is 12.0 Å². The molecular formula is C22H22N2O2. The summed E-state index contributed by atoms with van der Waals surface area (Å²) in [6.45, 7) is 3.37. The van der Waals surface area contributed by atoms with Crippen molar-refractivity contribution in [3.63, 3.8) is 0 Å². The molecule has 4 heteroatoms. The molecule has 132 valence electrons. The van der Waals surface area contributed by atoms with Gasteiger partial charge in [-0.3, -0.25) is 9.78 Å². The quantitative estimate of drug-likeness (QED) is 0.708. The van der Waals surface area contributed by atoms with Crippen LogP contribution in [0.4, 0.5) is 0 Å². The highest BCUT2D eigenvalue weighted by atomic mass is 16.5. The van der Waals surface area contributed by atoms with E-state index >= 15 is 0 Å². The van der Waals surface area contributed by atoms with E-state index in [1.165, 1.54) is 0 Å². The number of ether oxygens (including phenoxy) is 1. The molecule has 2 aromatic carbocycles. The van der Waals surface area contributed by atoms with Crippen molar-refractivity contribution in [3.05, 3.63) is 60.8 Å². The number of hydrogen-bond donors (Lipinski definition) is 0. The van der Waals surface area contributed by atoms with Gasteiger partial charge in [0.15, 0.2) is 0 Å². The Morgan fingerprint density at radius 3 is 2.77 bits per heavy atom. The minimum absolute atomic E-state index is 0.0821. The lowest BCUT2D eigenvalue weighted by atomic mass is 10.1. The smallest absolute Gasteiger partial charge is 0.222 e. The van der Waals surface area contributed by atoms with Crippen LogP contribution in [0, 0.1) is 0 Å². The second kappa shape index (κ2) is 7.16. The first kappa shape index (κ1) is 16.6. The third-order valence-corrected chi connectivity index (χ3v) is 4.88. The fraction of sp³-hybridized carbons (Fsp3) is 0.273. The predicted molar refractivity (Wildman–Crippen MR) is 103 cm³/mol. The molecule has 0 bridgehead atoms. The highest BCUT2D eigenvalue weighted by molar-refractivity contribution is 5.83.